The number of rotatable bonds is 3. The maximum absolute atomic E-state index is 12.4. The Labute approximate surface area is 153 Å². The summed E-state index contributed by atoms with van der Waals surface area (Å²) in [5.41, 5.74) is 5.64. The number of nitrogens with zero attached hydrogens (tertiary/aromatic N) is 1. The Balaban J connectivity index is 1.70. The molecule has 0 bridgehead atoms. The van der Waals surface area contributed by atoms with E-state index in [4.69, 9.17) is 6.42 Å². The van der Waals surface area contributed by atoms with Crippen molar-refractivity contribution in [3.8, 4) is 12.3 Å². The Hall–Kier alpha value is -2.71. The first-order valence-electron chi connectivity index (χ1n) is 9.27. The van der Waals surface area contributed by atoms with E-state index in [1.54, 1.807) is 4.90 Å². The molecule has 2 aromatic rings. The first-order valence-corrected chi connectivity index (χ1v) is 9.27. The molecule has 4 rings (SSSR count). The van der Waals surface area contributed by atoms with Crippen molar-refractivity contribution in [1.82, 2.24) is 20.5 Å². The maximum atomic E-state index is 12.4. The number of urea groups is 1. The topological polar surface area (TPSA) is 60.2 Å². The summed E-state index contributed by atoms with van der Waals surface area (Å²) < 4.78 is 0. The number of hydrogen-bond acceptors (Lipinski definition) is 2. The molecule has 0 unspecified atom stereocenters. The van der Waals surface area contributed by atoms with E-state index < -0.39 is 0 Å². The van der Waals surface area contributed by atoms with Crippen LogP contribution in [0.4, 0.5) is 4.79 Å². The van der Waals surface area contributed by atoms with Crippen molar-refractivity contribution in [1.29, 1.82) is 0 Å². The van der Waals surface area contributed by atoms with Gasteiger partial charge in [0.15, 0.2) is 0 Å². The fourth-order valence-corrected chi connectivity index (χ4v) is 4.17. The molecule has 0 fully saturated rings. The van der Waals surface area contributed by atoms with Crippen molar-refractivity contribution >= 4 is 22.5 Å². The van der Waals surface area contributed by atoms with Gasteiger partial charge in [0.2, 0.25) is 0 Å². The van der Waals surface area contributed by atoms with E-state index in [-0.39, 0.29) is 18.1 Å². The summed E-state index contributed by atoms with van der Waals surface area (Å²) in [4.78, 5) is 17.6. The average Bonchev–Trinajstić information content (AvgIpc) is 3.02. The van der Waals surface area contributed by atoms with Crippen LogP contribution >= 0.6 is 0 Å². The van der Waals surface area contributed by atoms with Gasteiger partial charge in [0, 0.05) is 36.6 Å². The number of amides is 2. The van der Waals surface area contributed by atoms with Crippen LogP contribution in [0.15, 0.2) is 24.3 Å². The molecular weight excluding hydrogens is 324 g/mol. The monoisotopic (exact) mass is 348 g/mol. The molecule has 1 aliphatic heterocycles. The number of nitrogens with one attached hydrogen (secondary N) is 3. The quantitative estimate of drug-likeness (QED) is 0.747. The van der Waals surface area contributed by atoms with Crippen molar-refractivity contribution in [3.63, 3.8) is 0 Å². The second-order valence-electron chi connectivity index (χ2n) is 6.87. The summed E-state index contributed by atoms with van der Waals surface area (Å²) in [6.07, 6.45) is 8.78. The highest BCUT2D eigenvalue weighted by atomic mass is 16.2. The van der Waals surface area contributed by atoms with Crippen molar-refractivity contribution < 1.29 is 4.79 Å². The van der Waals surface area contributed by atoms with Gasteiger partial charge in [0.05, 0.1) is 11.7 Å². The molecule has 1 aromatic heterocycles. The number of fused-ring (bicyclic) bond motifs is 2. The zero-order valence-electron chi connectivity index (χ0n) is 15.2. The summed E-state index contributed by atoms with van der Waals surface area (Å²) >= 11 is 0. The van der Waals surface area contributed by atoms with Gasteiger partial charge in [-0.3, -0.25) is 0 Å². The average molecular weight is 348 g/mol. The second-order valence-corrected chi connectivity index (χ2v) is 6.87. The SMILES string of the molecule is C#Cc1[nH]c2cccc3c2c1C[C@H]1NC[C@@H](NC(=O)N(CC)CC)C=C31. The molecule has 0 saturated carbocycles. The van der Waals surface area contributed by atoms with Crippen molar-refractivity contribution in [2.45, 2.75) is 32.4 Å². The van der Waals surface area contributed by atoms with Gasteiger partial charge in [-0.1, -0.05) is 24.1 Å². The summed E-state index contributed by atoms with van der Waals surface area (Å²) in [6, 6.07) is 6.48. The number of carbonyl (C=O) groups is 1. The minimum Gasteiger partial charge on any atom is -0.348 e. The molecule has 5 heteroatoms. The van der Waals surface area contributed by atoms with Crippen LogP contribution in [0.25, 0.3) is 16.5 Å². The third-order valence-corrected chi connectivity index (χ3v) is 5.49. The van der Waals surface area contributed by atoms with Gasteiger partial charge in [-0.2, -0.15) is 0 Å². The minimum absolute atomic E-state index is 0.0110. The number of carbonyl (C=O) groups excluding carboxylic acids is 1. The summed E-state index contributed by atoms with van der Waals surface area (Å²) in [6.45, 7) is 6.14. The number of benzene rings is 1. The van der Waals surface area contributed by atoms with Gasteiger partial charge < -0.3 is 20.5 Å². The van der Waals surface area contributed by atoms with Crippen LogP contribution in [0.2, 0.25) is 0 Å². The molecule has 26 heavy (non-hydrogen) atoms. The van der Waals surface area contributed by atoms with Crippen LogP contribution in [0.1, 0.15) is 30.7 Å². The predicted molar refractivity (Wildman–Crippen MR) is 105 cm³/mol. The molecule has 2 atom stereocenters. The van der Waals surface area contributed by atoms with E-state index in [1.165, 1.54) is 22.1 Å². The molecule has 0 saturated heterocycles. The number of aromatic nitrogens is 1. The summed E-state index contributed by atoms with van der Waals surface area (Å²) in [5, 5.41) is 7.95. The smallest absolute Gasteiger partial charge is 0.317 e. The van der Waals surface area contributed by atoms with Gasteiger partial charge in [0.1, 0.15) is 0 Å². The van der Waals surface area contributed by atoms with Crippen LogP contribution < -0.4 is 10.6 Å². The van der Waals surface area contributed by atoms with E-state index in [0.717, 1.165) is 24.2 Å². The number of terminal acetylenes is 1. The van der Waals surface area contributed by atoms with Gasteiger partial charge in [0.25, 0.3) is 0 Å². The molecule has 1 aliphatic carbocycles. The van der Waals surface area contributed by atoms with Crippen LogP contribution in [-0.4, -0.2) is 47.6 Å². The molecule has 3 N–H and O–H groups in total. The van der Waals surface area contributed by atoms with Gasteiger partial charge in [-0.15, -0.1) is 6.42 Å². The van der Waals surface area contributed by atoms with Crippen LogP contribution in [0.3, 0.4) is 0 Å². The summed E-state index contributed by atoms with van der Waals surface area (Å²) in [7, 11) is 0. The third kappa shape index (κ3) is 2.58. The lowest BCUT2D eigenvalue weighted by molar-refractivity contribution is 0.200. The highest BCUT2D eigenvalue weighted by Gasteiger charge is 2.32. The van der Waals surface area contributed by atoms with E-state index >= 15 is 0 Å². The Morgan fingerprint density at radius 1 is 1.38 bits per heavy atom. The number of H-pyrrole nitrogens is 1. The molecular formula is C21H24N4O. The molecule has 0 spiro atoms. The van der Waals surface area contributed by atoms with Gasteiger partial charge >= 0.3 is 6.03 Å². The largest absolute Gasteiger partial charge is 0.348 e. The van der Waals surface area contributed by atoms with Gasteiger partial charge in [-0.05, 0) is 43.0 Å². The molecule has 5 nitrogen and oxygen atoms in total. The van der Waals surface area contributed by atoms with Crippen molar-refractivity contribution in [2.24, 2.45) is 0 Å². The lowest BCUT2D eigenvalue weighted by atomic mass is 9.81. The zero-order valence-corrected chi connectivity index (χ0v) is 15.2. The Bertz CT molecular complexity index is 929. The summed E-state index contributed by atoms with van der Waals surface area (Å²) in [5.74, 6) is 2.79. The fraction of sp³-hybridized carbons (Fsp3) is 0.381. The van der Waals surface area contributed by atoms with E-state index in [1.807, 2.05) is 13.8 Å². The van der Waals surface area contributed by atoms with Crippen molar-refractivity contribution in [2.75, 3.05) is 19.6 Å². The third-order valence-electron chi connectivity index (χ3n) is 5.49. The van der Waals surface area contributed by atoms with E-state index in [9.17, 15) is 4.79 Å². The molecule has 2 amide bonds. The van der Waals surface area contributed by atoms with E-state index in [0.29, 0.717) is 13.1 Å². The van der Waals surface area contributed by atoms with Crippen molar-refractivity contribution in [3.05, 3.63) is 41.1 Å². The van der Waals surface area contributed by atoms with Crippen LogP contribution in [-0.2, 0) is 6.42 Å². The van der Waals surface area contributed by atoms with Crippen LogP contribution in [0.5, 0.6) is 0 Å². The maximum Gasteiger partial charge on any atom is 0.317 e. The lowest BCUT2D eigenvalue weighted by Crippen LogP contribution is -2.52. The highest BCUT2D eigenvalue weighted by molar-refractivity contribution is 6.00. The zero-order chi connectivity index (χ0) is 18.3. The fourth-order valence-electron chi connectivity index (χ4n) is 4.17. The first kappa shape index (κ1) is 16.7. The number of aromatic amines is 1. The van der Waals surface area contributed by atoms with E-state index in [2.05, 4.69) is 45.8 Å². The lowest BCUT2D eigenvalue weighted by Gasteiger charge is -2.34. The molecule has 2 aliphatic rings. The minimum atomic E-state index is -0.0165. The highest BCUT2D eigenvalue weighted by Crippen LogP contribution is 2.39. The number of hydrogen-bond donors (Lipinski definition) is 3. The predicted octanol–water partition coefficient (Wildman–Crippen LogP) is 2.48. The Morgan fingerprint density at radius 2 is 2.19 bits per heavy atom. The normalized spacial score (nSPS) is 20.9. The second kappa shape index (κ2) is 6.54. The van der Waals surface area contributed by atoms with Gasteiger partial charge in [-0.25, -0.2) is 4.79 Å². The molecule has 0 radical (unpaired) electrons. The molecule has 1 aromatic carbocycles. The standard InChI is InChI=1S/C21H24N4O/c1-4-17-16-11-19-15(14-8-7-9-18(24-17)20(14)16)10-13(12-22-19)23-21(26)25(5-2)6-3/h1,7-10,13,19,22,24H,5-6,11-12H2,2-3H3,(H,23,26)/t13-,19+/m0/s1. The van der Waals surface area contributed by atoms with Crippen LogP contribution in [0, 0.1) is 12.3 Å². The molecule has 134 valence electrons. The Morgan fingerprint density at radius 3 is 2.92 bits per heavy atom. The molecule has 2 heterocycles. The first-order chi connectivity index (χ1) is 12.7. The Kier molecular flexibility index (Phi) is 4.21.